The van der Waals surface area contributed by atoms with Crippen molar-refractivity contribution in [3.05, 3.63) is 82.9 Å². The zero-order chi connectivity index (χ0) is 22.5. The van der Waals surface area contributed by atoms with Crippen molar-refractivity contribution in [2.75, 3.05) is 18.0 Å². The number of benzene rings is 3. The molecule has 0 aromatic heterocycles. The van der Waals surface area contributed by atoms with Crippen LogP contribution >= 0.6 is 0 Å². The number of hydrogen-bond acceptors (Lipinski definition) is 5. The fraction of sp³-hybridized carbons (Fsp3) is 0.296. The zero-order valence-electron chi connectivity index (χ0n) is 18.8. The molecule has 0 saturated heterocycles. The van der Waals surface area contributed by atoms with Crippen molar-refractivity contribution in [3.8, 4) is 17.2 Å². The molecule has 2 aliphatic rings. The minimum Gasteiger partial charge on any atom is -0.491 e. The van der Waals surface area contributed by atoms with Crippen LogP contribution in [0.25, 0.3) is 0 Å². The van der Waals surface area contributed by atoms with E-state index in [4.69, 9.17) is 14.2 Å². The molecule has 0 aliphatic carbocycles. The number of nitrogens with zero attached hydrogens (tertiary/aromatic N) is 1. The topological polar surface area (TPSA) is 48.0 Å². The predicted octanol–water partition coefficient (Wildman–Crippen LogP) is 5.89. The third-order valence-corrected chi connectivity index (χ3v) is 6.17. The van der Waals surface area contributed by atoms with Gasteiger partial charge in [0, 0.05) is 36.0 Å². The Labute approximate surface area is 188 Å². The normalized spacial score (nSPS) is 18.0. The lowest BCUT2D eigenvalue weighted by molar-refractivity contribution is 0.0223. The molecule has 3 aromatic carbocycles. The van der Waals surface area contributed by atoms with E-state index in [2.05, 4.69) is 24.8 Å². The van der Waals surface area contributed by atoms with E-state index in [1.54, 1.807) is 0 Å². The van der Waals surface area contributed by atoms with Crippen LogP contribution in [0.4, 0.5) is 5.69 Å². The summed E-state index contributed by atoms with van der Waals surface area (Å²) in [4.78, 5) is 15.3. The Morgan fingerprint density at radius 2 is 1.69 bits per heavy atom. The Bertz CT molecular complexity index is 1200. The van der Waals surface area contributed by atoms with Gasteiger partial charge in [0.25, 0.3) is 0 Å². The van der Waals surface area contributed by atoms with Gasteiger partial charge in [0.15, 0.2) is 5.60 Å². The molecular weight excluding hydrogens is 402 g/mol. The van der Waals surface area contributed by atoms with Gasteiger partial charge in [0.1, 0.15) is 17.2 Å². The van der Waals surface area contributed by atoms with Gasteiger partial charge in [-0.05, 0) is 64.1 Å². The van der Waals surface area contributed by atoms with E-state index >= 15 is 0 Å². The fourth-order valence-corrected chi connectivity index (χ4v) is 4.77. The molecule has 32 heavy (non-hydrogen) atoms. The Hall–Kier alpha value is -3.47. The lowest BCUT2D eigenvalue weighted by atomic mass is 9.77. The summed E-state index contributed by atoms with van der Waals surface area (Å²) in [6.07, 6.45) is 0.0239. The molecule has 3 aromatic rings. The quantitative estimate of drug-likeness (QED) is 0.474. The summed E-state index contributed by atoms with van der Waals surface area (Å²) < 4.78 is 18.6. The molecule has 0 radical (unpaired) electrons. The lowest BCUT2D eigenvalue weighted by Gasteiger charge is -2.37. The number of ether oxygens (including phenoxy) is 3. The molecular formula is C27H27NO4. The van der Waals surface area contributed by atoms with Crippen molar-refractivity contribution in [2.24, 2.45) is 0 Å². The standard InChI is InChI=1S/C27H27NO4/c1-5-28(6-2)18-11-13-22-25(15-18)31-24-14-12-19(30-17(3)4)16-23(24)27(22)21-10-8-7-9-20(21)26(29)32-27/h7-17H,5-6H2,1-4H3. The monoisotopic (exact) mass is 429 g/mol. The molecule has 0 N–H and O–H groups in total. The van der Waals surface area contributed by atoms with Crippen molar-refractivity contribution < 1.29 is 19.0 Å². The third-order valence-electron chi connectivity index (χ3n) is 6.17. The van der Waals surface area contributed by atoms with Crippen LogP contribution in [0.15, 0.2) is 60.7 Å². The molecule has 0 bridgehead atoms. The average molecular weight is 430 g/mol. The Kier molecular flexibility index (Phi) is 4.85. The summed E-state index contributed by atoms with van der Waals surface area (Å²) in [7, 11) is 0. The molecule has 1 atom stereocenters. The van der Waals surface area contributed by atoms with Crippen LogP contribution in [-0.2, 0) is 10.3 Å². The summed E-state index contributed by atoms with van der Waals surface area (Å²) in [5, 5.41) is 0. The van der Waals surface area contributed by atoms with E-state index in [-0.39, 0.29) is 12.1 Å². The van der Waals surface area contributed by atoms with Crippen LogP contribution in [0.2, 0.25) is 0 Å². The lowest BCUT2D eigenvalue weighted by Crippen LogP contribution is -2.33. The van der Waals surface area contributed by atoms with Crippen molar-refractivity contribution >= 4 is 11.7 Å². The van der Waals surface area contributed by atoms with Crippen LogP contribution < -0.4 is 14.4 Å². The summed E-state index contributed by atoms with van der Waals surface area (Å²) in [6, 6.07) is 19.5. The van der Waals surface area contributed by atoms with Gasteiger partial charge < -0.3 is 19.1 Å². The first-order chi connectivity index (χ1) is 15.5. The molecule has 5 nitrogen and oxygen atoms in total. The highest BCUT2D eigenvalue weighted by atomic mass is 16.6. The molecule has 164 valence electrons. The van der Waals surface area contributed by atoms with Crippen LogP contribution in [0, 0.1) is 0 Å². The van der Waals surface area contributed by atoms with Crippen molar-refractivity contribution in [1.29, 1.82) is 0 Å². The SMILES string of the molecule is CCN(CC)c1ccc2c(c1)Oc1ccc(OC(C)C)cc1C21OC(=O)c2ccccc21. The molecule has 1 spiro atoms. The highest BCUT2D eigenvalue weighted by molar-refractivity contribution is 5.97. The Morgan fingerprint density at radius 3 is 2.44 bits per heavy atom. The van der Waals surface area contributed by atoms with Crippen LogP contribution in [0.1, 0.15) is 54.7 Å². The van der Waals surface area contributed by atoms with E-state index in [1.165, 1.54) is 0 Å². The van der Waals surface area contributed by atoms with Crippen molar-refractivity contribution in [2.45, 2.75) is 39.4 Å². The summed E-state index contributed by atoms with van der Waals surface area (Å²) in [6.45, 7) is 10.0. The fourth-order valence-electron chi connectivity index (χ4n) is 4.77. The van der Waals surface area contributed by atoms with E-state index < -0.39 is 5.60 Å². The smallest absolute Gasteiger partial charge is 0.340 e. The van der Waals surface area contributed by atoms with E-state index in [1.807, 2.05) is 68.4 Å². The van der Waals surface area contributed by atoms with Gasteiger partial charge in [-0.2, -0.15) is 0 Å². The first-order valence-electron chi connectivity index (χ1n) is 11.2. The second kappa shape index (κ2) is 7.59. The molecule has 5 heteroatoms. The summed E-state index contributed by atoms with van der Waals surface area (Å²) in [5.41, 5.74) is 3.00. The maximum atomic E-state index is 13.0. The maximum absolute atomic E-state index is 13.0. The molecule has 0 amide bonds. The molecule has 5 rings (SSSR count). The highest BCUT2D eigenvalue weighted by Gasteiger charge is 2.53. The highest BCUT2D eigenvalue weighted by Crippen LogP contribution is 2.57. The van der Waals surface area contributed by atoms with Gasteiger partial charge in [0.2, 0.25) is 0 Å². The van der Waals surface area contributed by atoms with Crippen molar-refractivity contribution in [3.63, 3.8) is 0 Å². The predicted molar refractivity (Wildman–Crippen MR) is 124 cm³/mol. The van der Waals surface area contributed by atoms with Gasteiger partial charge in [-0.25, -0.2) is 4.79 Å². The average Bonchev–Trinajstić information content (AvgIpc) is 3.08. The van der Waals surface area contributed by atoms with Gasteiger partial charge >= 0.3 is 5.97 Å². The summed E-state index contributed by atoms with van der Waals surface area (Å²) in [5.74, 6) is 1.74. The number of carbonyl (C=O) groups is 1. The summed E-state index contributed by atoms with van der Waals surface area (Å²) >= 11 is 0. The molecule has 0 saturated carbocycles. The van der Waals surface area contributed by atoms with Gasteiger partial charge in [-0.15, -0.1) is 0 Å². The first kappa shape index (κ1) is 20.4. The van der Waals surface area contributed by atoms with Crippen LogP contribution in [0.3, 0.4) is 0 Å². The molecule has 2 heterocycles. The van der Waals surface area contributed by atoms with Gasteiger partial charge in [-0.3, -0.25) is 0 Å². The molecule has 1 unspecified atom stereocenters. The first-order valence-corrected chi connectivity index (χ1v) is 11.2. The third kappa shape index (κ3) is 2.95. The number of esters is 1. The van der Waals surface area contributed by atoms with Crippen molar-refractivity contribution in [1.82, 2.24) is 0 Å². The number of rotatable bonds is 5. The van der Waals surface area contributed by atoms with Gasteiger partial charge in [-0.1, -0.05) is 18.2 Å². The zero-order valence-corrected chi connectivity index (χ0v) is 18.8. The minimum atomic E-state index is -1.07. The van der Waals surface area contributed by atoms with E-state index in [0.29, 0.717) is 22.8 Å². The largest absolute Gasteiger partial charge is 0.491 e. The number of hydrogen-bond donors (Lipinski definition) is 0. The Balaban J connectivity index is 1.77. The number of anilines is 1. The van der Waals surface area contributed by atoms with E-state index in [0.717, 1.165) is 35.5 Å². The second-order valence-electron chi connectivity index (χ2n) is 8.40. The number of carbonyl (C=O) groups excluding carboxylic acids is 1. The van der Waals surface area contributed by atoms with Crippen LogP contribution in [0.5, 0.6) is 17.2 Å². The minimum absolute atomic E-state index is 0.0239. The molecule has 0 fully saturated rings. The van der Waals surface area contributed by atoms with E-state index in [9.17, 15) is 4.79 Å². The molecule has 2 aliphatic heterocycles. The van der Waals surface area contributed by atoms with Gasteiger partial charge in [0.05, 0.1) is 17.2 Å². The number of fused-ring (bicyclic) bond motifs is 6. The van der Waals surface area contributed by atoms with Crippen LogP contribution in [-0.4, -0.2) is 25.2 Å². The second-order valence-corrected chi connectivity index (χ2v) is 8.40. The maximum Gasteiger partial charge on any atom is 0.340 e. The Morgan fingerprint density at radius 1 is 0.906 bits per heavy atom.